The Hall–Kier alpha value is -2.07. The SMILES string of the molecule is CCC(=O)NCC(CCO)c1ccc2cc(OC)ccc2c1. The average Bonchev–Trinajstić information content (AvgIpc) is 2.57. The highest BCUT2D eigenvalue weighted by atomic mass is 16.5. The van der Waals surface area contributed by atoms with Crippen LogP contribution in [0, 0.1) is 0 Å². The van der Waals surface area contributed by atoms with Gasteiger partial charge in [0.15, 0.2) is 0 Å². The van der Waals surface area contributed by atoms with Crippen LogP contribution in [0.4, 0.5) is 0 Å². The van der Waals surface area contributed by atoms with E-state index in [1.807, 2.05) is 25.1 Å². The van der Waals surface area contributed by atoms with E-state index in [0.29, 0.717) is 19.4 Å². The zero-order valence-corrected chi connectivity index (χ0v) is 13.1. The highest BCUT2D eigenvalue weighted by Crippen LogP contribution is 2.26. The van der Waals surface area contributed by atoms with Crippen molar-refractivity contribution in [3.8, 4) is 5.75 Å². The summed E-state index contributed by atoms with van der Waals surface area (Å²) in [4.78, 5) is 11.4. The summed E-state index contributed by atoms with van der Waals surface area (Å²) in [5.74, 6) is 0.989. The van der Waals surface area contributed by atoms with Crippen molar-refractivity contribution in [2.45, 2.75) is 25.7 Å². The number of carbonyl (C=O) groups is 1. The van der Waals surface area contributed by atoms with Crippen LogP contribution in [0.3, 0.4) is 0 Å². The molecule has 2 rings (SSSR count). The van der Waals surface area contributed by atoms with E-state index in [1.165, 1.54) is 0 Å². The molecule has 4 nitrogen and oxygen atoms in total. The molecule has 0 saturated heterocycles. The summed E-state index contributed by atoms with van der Waals surface area (Å²) in [5.41, 5.74) is 1.13. The Kier molecular flexibility index (Phi) is 5.78. The van der Waals surface area contributed by atoms with Crippen LogP contribution in [-0.2, 0) is 4.79 Å². The van der Waals surface area contributed by atoms with Crippen molar-refractivity contribution >= 4 is 16.7 Å². The summed E-state index contributed by atoms with van der Waals surface area (Å²) in [5, 5.41) is 14.4. The fraction of sp³-hybridized carbons (Fsp3) is 0.389. The van der Waals surface area contributed by atoms with E-state index in [9.17, 15) is 9.90 Å². The molecule has 0 spiro atoms. The maximum absolute atomic E-state index is 11.4. The maximum Gasteiger partial charge on any atom is 0.219 e. The first-order valence-corrected chi connectivity index (χ1v) is 7.63. The first-order chi connectivity index (χ1) is 10.7. The van der Waals surface area contributed by atoms with Crippen LogP contribution in [-0.4, -0.2) is 31.3 Å². The van der Waals surface area contributed by atoms with Crippen molar-refractivity contribution in [1.82, 2.24) is 5.32 Å². The standard InChI is InChI=1S/C18H23NO3/c1-3-18(21)19-12-16(8-9-20)14-4-5-15-11-17(22-2)7-6-13(15)10-14/h4-7,10-11,16,20H,3,8-9,12H2,1-2H3,(H,19,21). The second-order valence-corrected chi connectivity index (χ2v) is 5.34. The van der Waals surface area contributed by atoms with Gasteiger partial charge in [-0.15, -0.1) is 0 Å². The number of methoxy groups -OCH3 is 1. The first kappa shape index (κ1) is 16.3. The highest BCUT2D eigenvalue weighted by Gasteiger charge is 2.13. The van der Waals surface area contributed by atoms with Gasteiger partial charge in [-0.2, -0.15) is 0 Å². The average molecular weight is 301 g/mol. The van der Waals surface area contributed by atoms with E-state index in [-0.39, 0.29) is 18.4 Å². The molecular formula is C18H23NO3. The Morgan fingerprint density at radius 2 is 1.95 bits per heavy atom. The zero-order valence-electron chi connectivity index (χ0n) is 13.1. The summed E-state index contributed by atoms with van der Waals surface area (Å²) in [6.45, 7) is 2.49. The molecule has 0 aliphatic rings. The predicted molar refractivity (Wildman–Crippen MR) is 88.2 cm³/mol. The van der Waals surface area contributed by atoms with Crippen molar-refractivity contribution in [3.05, 3.63) is 42.0 Å². The lowest BCUT2D eigenvalue weighted by Crippen LogP contribution is -2.28. The van der Waals surface area contributed by atoms with Crippen molar-refractivity contribution in [3.63, 3.8) is 0 Å². The van der Waals surface area contributed by atoms with Crippen molar-refractivity contribution in [2.24, 2.45) is 0 Å². The molecule has 0 radical (unpaired) electrons. The maximum atomic E-state index is 11.4. The molecule has 1 atom stereocenters. The smallest absolute Gasteiger partial charge is 0.219 e. The Morgan fingerprint density at radius 1 is 1.23 bits per heavy atom. The number of amides is 1. The van der Waals surface area contributed by atoms with Crippen molar-refractivity contribution in [1.29, 1.82) is 0 Å². The molecule has 2 N–H and O–H groups in total. The van der Waals surface area contributed by atoms with Gasteiger partial charge in [0.2, 0.25) is 5.91 Å². The lowest BCUT2D eigenvalue weighted by molar-refractivity contribution is -0.120. The van der Waals surface area contributed by atoms with Gasteiger partial charge in [-0.25, -0.2) is 0 Å². The molecule has 0 fully saturated rings. The first-order valence-electron chi connectivity index (χ1n) is 7.63. The highest BCUT2D eigenvalue weighted by molar-refractivity contribution is 5.84. The number of nitrogens with one attached hydrogen (secondary N) is 1. The topological polar surface area (TPSA) is 58.6 Å². The van der Waals surface area contributed by atoms with Gasteiger partial charge in [0, 0.05) is 25.5 Å². The second-order valence-electron chi connectivity index (χ2n) is 5.34. The van der Waals surface area contributed by atoms with E-state index in [2.05, 4.69) is 23.5 Å². The largest absolute Gasteiger partial charge is 0.497 e. The molecule has 4 heteroatoms. The van der Waals surface area contributed by atoms with Crippen LogP contribution in [0.15, 0.2) is 36.4 Å². The molecular weight excluding hydrogens is 278 g/mol. The quantitative estimate of drug-likeness (QED) is 0.827. The van der Waals surface area contributed by atoms with E-state index in [4.69, 9.17) is 4.74 Å². The number of ether oxygens (including phenoxy) is 1. The molecule has 0 saturated carbocycles. The van der Waals surface area contributed by atoms with Crippen LogP contribution < -0.4 is 10.1 Å². The van der Waals surface area contributed by atoms with Crippen LogP contribution in [0.5, 0.6) is 5.75 Å². The molecule has 0 aromatic heterocycles. The van der Waals surface area contributed by atoms with E-state index >= 15 is 0 Å². The van der Waals surface area contributed by atoms with Crippen LogP contribution in [0.25, 0.3) is 10.8 Å². The van der Waals surface area contributed by atoms with Gasteiger partial charge < -0.3 is 15.2 Å². The molecule has 1 unspecified atom stereocenters. The Labute approximate surface area is 131 Å². The molecule has 2 aromatic rings. The molecule has 22 heavy (non-hydrogen) atoms. The summed E-state index contributed by atoms with van der Waals surface area (Å²) in [7, 11) is 1.66. The number of hydrogen-bond donors (Lipinski definition) is 2. The van der Waals surface area contributed by atoms with E-state index < -0.39 is 0 Å². The fourth-order valence-electron chi connectivity index (χ4n) is 2.53. The monoisotopic (exact) mass is 301 g/mol. The lowest BCUT2D eigenvalue weighted by atomic mass is 9.93. The van der Waals surface area contributed by atoms with Gasteiger partial charge in [0.05, 0.1) is 7.11 Å². The van der Waals surface area contributed by atoms with Gasteiger partial charge >= 0.3 is 0 Å². The number of benzene rings is 2. The molecule has 1 amide bonds. The molecule has 118 valence electrons. The Morgan fingerprint density at radius 3 is 2.64 bits per heavy atom. The minimum atomic E-state index is 0.0356. The van der Waals surface area contributed by atoms with Crippen LogP contribution in [0.1, 0.15) is 31.2 Å². The van der Waals surface area contributed by atoms with E-state index in [0.717, 1.165) is 22.1 Å². The lowest BCUT2D eigenvalue weighted by Gasteiger charge is -2.18. The van der Waals surface area contributed by atoms with Crippen LogP contribution in [0.2, 0.25) is 0 Å². The zero-order chi connectivity index (χ0) is 15.9. The summed E-state index contributed by atoms with van der Waals surface area (Å²) >= 11 is 0. The molecule has 0 bridgehead atoms. The van der Waals surface area contributed by atoms with Crippen LogP contribution >= 0.6 is 0 Å². The third-order valence-corrected chi connectivity index (χ3v) is 3.89. The normalized spacial score (nSPS) is 12.1. The third kappa shape index (κ3) is 3.98. The number of hydrogen-bond acceptors (Lipinski definition) is 3. The van der Waals surface area contributed by atoms with Gasteiger partial charge in [-0.1, -0.05) is 31.2 Å². The predicted octanol–water partition coefficient (Wildman–Crippen LogP) is 2.84. The number of fused-ring (bicyclic) bond motifs is 1. The van der Waals surface area contributed by atoms with Gasteiger partial charge in [0.25, 0.3) is 0 Å². The van der Waals surface area contributed by atoms with Gasteiger partial charge in [-0.05, 0) is 34.9 Å². The van der Waals surface area contributed by atoms with Crippen molar-refractivity contribution in [2.75, 3.05) is 20.3 Å². The summed E-state index contributed by atoms with van der Waals surface area (Å²) in [6, 6.07) is 12.2. The Bertz CT molecular complexity index is 639. The summed E-state index contributed by atoms with van der Waals surface area (Å²) in [6.07, 6.45) is 1.11. The van der Waals surface area contributed by atoms with E-state index in [1.54, 1.807) is 7.11 Å². The number of aliphatic hydroxyl groups excluding tert-OH is 1. The summed E-state index contributed by atoms with van der Waals surface area (Å²) < 4.78 is 5.24. The molecule has 0 aliphatic carbocycles. The number of rotatable bonds is 7. The van der Waals surface area contributed by atoms with Crippen molar-refractivity contribution < 1.29 is 14.6 Å². The molecule has 0 aliphatic heterocycles. The van der Waals surface area contributed by atoms with Gasteiger partial charge in [0.1, 0.15) is 5.75 Å². The molecule has 0 heterocycles. The second kappa shape index (κ2) is 7.80. The minimum absolute atomic E-state index is 0.0356. The van der Waals surface area contributed by atoms with Gasteiger partial charge in [-0.3, -0.25) is 4.79 Å². The minimum Gasteiger partial charge on any atom is -0.497 e. The fourth-order valence-corrected chi connectivity index (χ4v) is 2.53. The number of carbonyl (C=O) groups excluding carboxylic acids is 1. The molecule has 2 aromatic carbocycles. The number of aliphatic hydroxyl groups is 1. The third-order valence-electron chi connectivity index (χ3n) is 3.89. The Balaban J connectivity index is 2.23.